The summed E-state index contributed by atoms with van der Waals surface area (Å²) in [5.41, 5.74) is 2.14. The van der Waals surface area contributed by atoms with E-state index in [0.717, 1.165) is 40.8 Å². The largest absolute Gasteiger partial charge is 0.478 e. The van der Waals surface area contributed by atoms with Gasteiger partial charge in [0.25, 0.3) is 0 Å². The molecule has 0 atom stereocenters. The molecule has 0 saturated heterocycles. The highest BCUT2D eigenvalue weighted by Crippen LogP contribution is 2.35. The fourth-order valence-electron chi connectivity index (χ4n) is 2.97. The smallest absolute Gasteiger partial charge is 0.335 e. The van der Waals surface area contributed by atoms with Crippen LogP contribution in [0.3, 0.4) is 0 Å². The molecule has 122 valence electrons. The van der Waals surface area contributed by atoms with Gasteiger partial charge in [-0.05, 0) is 55.5 Å². The minimum atomic E-state index is -0.963. The summed E-state index contributed by atoms with van der Waals surface area (Å²) in [6.07, 6.45) is 4.33. The van der Waals surface area contributed by atoms with Crippen LogP contribution in [0, 0.1) is 0 Å². The molecule has 1 aliphatic rings. The monoisotopic (exact) mass is 358 g/mol. The van der Waals surface area contributed by atoms with Gasteiger partial charge in [0.15, 0.2) is 5.13 Å². The van der Waals surface area contributed by atoms with E-state index < -0.39 is 5.97 Å². The van der Waals surface area contributed by atoms with E-state index in [1.54, 1.807) is 23.5 Å². The molecule has 2 N–H and O–H groups in total. The first kappa shape index (κ1) is 15.3. The second-order valence-corrected chi connectivity index (χ2v) is 7.75. The van der Waals surface area contributed by atoms with Gasteiger partial charge < -0.3 is 10.4 Å². The van der Waals surface area contributed by atoms with Crippen LogP contribution in [-0.4, -0.2) is 16.1 Å². The Labute approximate surface area is 145 Å². The number of aromatic carboxylic acids is 1. The summed E-state index contributed by atoms with van der Waals surface area (Å²) in [5, 5.41) is 13.4. The first-order valence-corrected chi connectivity index (χ1v) is 9.31. The molecule has 2 heterocycles. The Hall–Kier alpha value is -2.25. The van der Waals surface area contributed by atoms with Gasteiger partial charge in [-0.2, -0.15) is 0 Å². The van der Waals surface area contributed by atoms with E-state index in [4.69, 9.17) is 5.11 Å². The third-order valence-electron chi connectivity index (χ3n) is 4.13. The van der Waals surface area contributed by atoms with Crippen molar-refractivity contribution in [3.05, 3.63) is 49.8 Å². The Balaban J connectivity index is 1.70. The van der Waals surface area contributed by atoms with Crippen LogP contribution in [0.25, 0.3) is 10.2 Å². The third-order valence-corrected chi connectivity index (χ3v) is 6.09. The van der Waals surface area contributed by atoms with Gasteiger partial charge >= 0.3 is 5.97 Å². The molecular weight excluding hydrogens is 344 g/mol. The number of benzene rings is 1. The summed E-state index contributed by atoms with van der Waals surface area (Å²) in [7, 11) is 0. The number of hydrogen-bond acceptors (Lipinski definition) is 6. The normalized spacial score (nSPS) is 13.7. The molecule has 7 heteroatoms. The Morgan fingerprint density at radius 2 is 1.88 bits per heavy atom. The summed E-state index contributed by atoms with van der Waals surface area (Å²) < 4.78 is 0.0454. The Kier molecular flexibility index (Phi) is 3.82. The predicted molar refractivity (Wildman–Crippen MR) is 97.1 cm³/mol. The molecule has 1 aromatic carbocycles. The molecule has 0 amide bonds. The molecule has 2 aromatic heterocycles. The summed E-state index contributed by atoms with van der Waals surface area (Å²) >= 11 is 2.72. The Bertz CT molecular complexity index is 989. The van der Waals surface area contributed by atoms with Crippen LogP contribution in [0.5, 0.6) is 0 Å². The van der Waals surface area contributed by atoms with Crippen molar-refractivity contribution < 1.29 is 9.90 Å². The Morgan fingerprint density at radius 3 is 2.62 bits per heavy atom. The number of hydrogen-bond donors (Lipinski definition) is 2. The molecular formula is C17H14N2O3S2. The van der Waals surface area contributed by atoms with E-state index in [0.29, 0.717) is 10.8 Å². The molecule has 3 aromatic rings. The molecule has 0 saturated carbocycles. The van der Waals surface area contributed by atoms with Gasteiger partial charge in [0, 0.05) is 10.6 Å². The van der Waals surface area contributed by atoms with Crippen LogP contribution in [0.1, 0.15) is 33.6 Å². The second kappa shape index (κ2) is 5.99. The summed E-state index contributed by atoms with van der Waals surface area (Å²) in [4.78, 5) is 30.1. The number of anilines is 2. The van der Waals surface area contributed by atoms with Crippen molar-refractivity contribution in [2.24, 2.45) is 0 Å². The summed E-state index contributed by atoms with van der Waals surface area (Å²) in [6, 6.07) is 6.39. The maximum absolute atomic E-state index is 12.5. The van der Waals surface area contributed by atoms with Crippen molar-refractivity contribution in [3.63, 3.8) is 0 Å². The molecule has 5 nitrogen and oxygen atoms in total. The van der Waals surface area contributed by atoms with E-state index in [2.05, 4.69) is 10.3 Å². The standard InChI is InChI=1S/C17H14N2O3S2/c20-15(21)9-5-7-10(8-6-9)18-17-19-14-13(16(22)24-17)11-3-1-2-4-12(11)23-14/h5-8H,1-4H2,(H,18,19)(H,20,21). The number of aryl methyl sites for hydroxylation is 2. The number of carbonyl (C=O) groups is 1. The fraction of sp³-hybridized carbons (Fsp3) is 0.235. The lowest BCUT2D eigenvalue weighted by Crippen LogP contribution is -2.04. The van der Waals surface area contributed by atoms with Crippen LogP contribution in [0.2, 0.25) is 0 Å². The van der Waals surface area contributed by atoms with E-state index in [1.165, 1.54) is 29.0 Å². The number of nitrogens with zero attached hydrogens (tertiary/aromatic N) is 1. The van der Waals surface area contributed by atoms with Crippen LogP contribution in [0.15, 0.2) is 29.1 Å². The van der Waals surface area contributed by atoms with Crippen molar-refractivity contribution in [1.82, 2.24) is 4.98 Å². The third kappa shape index (κ3) is 2.70. The number of aromatic nitrogens is 1. The highest BCUT2D eigenvalue weighted by molar-refractivity contribution is 7.20. The van der Waals surface area contributed by atoms with Crippen molar-refractivity contribution in [1.29, 1.82) is 0 Å². The van der Waals surface area contributed by atoms with Gasteiger partial charge in [0.1, 0.15) is 4.83 Å². The lowest BCUT2D eigenvalue weighted by molar-refractivity contribution is 0.0697. The number of rotatable bonds is 3. The number of nitrogens with one attached hydrogen (secondary N) is 1. The van der Waals surface area contributed by atoms with Gasteiger partial charge in [0.05, 0.1) is 10.9 Å². The van der Waals surface area contributed by atoms with Gasteiger partial charge in [0.2, 0.25) is 4.74 Å². The number of carboxylic acids is 1. The van der Waals surface area contributed by atoms with Crippen LogP contribution >= 0.6 is 22.7 Å². The first-order chi connectivity index (χ1) is 11.6. The number of thiophene rings is 1. The Morgan fingerprint density at radius 1 is 1.12 bits per heavy atom. The summed E-state index contributed by atoms with van der Waals surface area (Å²) in [6.45, 7) is 0. The summed E-state index contributed by atoms with van der Waals surface area (Å²) in [5.74, 6) is -0.963. The molecule has 24 heavy (non-hydrogen) atoms. The lowest BCUT2D eigenvalue weighted by Gasteiger charge is -2.09. The van der Waals surface area contributed by atoms with E-state index in [1.807, 2.05) is 0 Å². The highest BCUT2D eigenvalue weighted by atomic mass is 32.1. The molecule has 0 spiro atoms. The van der Waals surface area contributed by atoms with Gasteiger partial charge in [-0.15, -0.1) is 11.3 Å². The van der Waals surface area contributed by atoms with Crippen molar-refractivity contribution in [3.8, 4) is 0 Å². The van der Waals surface area contributed by atoms with Crippen molar-refractivity contribution in [2.75, 3.05) is 5.32 Å². The average Bonchev–Trinajstić information content (AvgIpc) is 2.94. The zero-order chi connectivity index (χ0) is 16.7. The quantitative estimate of drug-likeness (QED) is 0.739. The fourth-order valence-corrected chi connectivity index (χ4v) is 5.16. The topological polar surface area (TPSA) is 79.3 Å². The molecule has 0 fully saturated rings. The predicted octanol–water partition coefficient (Wildman–Crippen LogP) is 4.04. The van der Waals surface area contributed by atoms with Gasteiger partial charge in [-0.3, -0.25) is 4.79 Å². The first-order valence-electron chi connectivity index (χ1n) is 7.67. The zero-order valence-electron chi connectivity index (χ0n) is 12.7. The van der Waals surface area contributed by atoms with E-state index in [-0.39, 0.29) is 10.3 Å². The minimum absolute atomic E-state index is 0.0454. The molecule has 1 aliphatic carbocycles. The SMILES string of the molecule is O=C(O)c1ccc(Nc2nc3sc4c(c3c(=O)s2)CCCC4)cc1. The maximum Gasteiger partial charge on any atom is 0.335 e. The molecule has 0 bridgehead atoms. The van der Waals surface area contributed by atoms with Crippen LogP contribution < -0.4 is 10.1 Å². The maximum atomic E-state index is 12.5. The van der Waals surface area contributed by atoms with E-state index in [9.17, 15) is 9.59 Å². The minimum Gasteiger partial charge on any atom is -0.478 e. The molecule has 0 aliphatic heterocycles. The van der Waals surface area contributed by atoms with Crippen molar-refractivity contribution in [2.45, 2.75) is 25.7 Å². The number of carboxylic acid groups (broad SMARTS) is 1. The van der Waals surface area contributed by atoms with Crippen LogP contribution in [-0.2, 0) is 12.8 Å². The second-order valence-electron chi connectivity index (χ2n) is 5.71. The average molecular weight is 358 g/mol. The molecule has 4 rings (SSSR count). The number of fused-ring (bicyclic) bond motifs is 3. The van der Waals surface area contributed by atoms with Gasteiger partial charge in [-0.25, -0.2) is 9.78 Å². The zero-order valence-corrected chi connectivity index (χ0v) is 14.3. The lowest BCUT2D eigenvalue weighted by atomic mass is 9.98. The van der Waals surface area contributed by atoms with Gasteiger partial charge in [-0.1, -0.05) is 11.3 Å². The van der Waals surface area contributed by atoms with Crippen LogP contribution in [0.4, 0.5) is 10.8 Å². The molecule has 0 unspecified atom stereocenters. The molecule has 0 radical (unpaired) electrons. The van der Waals surface area contributed by atoms with Crippen molar-refractivity contribution >= 4 is 49.7 Å². The van der Waals surface area contributed by atoms with E-state index >= 15 is 0 Å². The highest BCUT2D eigenvalue weighted by Gasteiger charge is 2.20.